The SMILES string of the molecule is CCOC(=O)/C(=C/c1cnn(C)c1)c1nccn1Cc1ccccc1. The predicted octanol–water partition coefficient (Wildman–Crippen LogP) is 2.77. The molecule has 25 heavy (non-hydrogen) atoms. The summed E-state index contributed by atoms with van der Waals surface area (Å²) in [4.78, 5) is 16.9. The van der Waals surface area contributed by atoms with Gasteiger partial charge in [0.25, 0.3) is 0 Å². The monoisotopic (exact) mass is 336 g/mol. The van der Waals surface area contributed by atoms with Gasteiger partial charge in [-0.15, -0.1) is 0 Å². The Balaban J connectivity index is 1.98. The van der Waals surface area contributed by atoms with Crippen molar-refractivity contribution in [2.45, 2.75) is 13.5 Å². The highest BCUT2D eigenvalue weighted by Gasteiger charge is 2.19. The lowest BCUT2D eigenvalue weighted by atomic mass is 10.1. The Hall–Kier alpha value is -3.15. The van der Waals surface area contributed by atoms with Crippen molar-refractivity contribution in [2.24, 2.45) is 7.05 Å². The standard InChI is InChI=1S/C19H20N4O2/c1-3-25-19(24)17(11-16-12-21-22(2)13-16)18-20-9-10-23(18)14-15-7-5-4-6-8-15/h4-13H,3,14H2,1-2H3/b17-11+. The second kappa shape index (κ2) is 7.61. The molecule has 0 spiro atoms. The van der Waals surface area contributed by atoms with Gasteiger partial charge in [-0.05, 0) is 18.6 Å². The molecule has 2 aromatic heterocycles. The van der Waals surface area contributed by atoms with Crippen molar-refractivity contribution in [1.82, 2.24) is 19.3 Å². The van der Waals surface area contributed by atoms with Crippen LogP contribution in [0.2, 0.25) is 0 Å². The van der Waals surface area contributed by atoms with Crippen molar-refractivity contribution in [3.8, 4) is 0 Å². The van der Waals surface area contributed by atoms with Crippen molar-refractivity contribution < 1.29 is 9.53 Å². The summed E-state index contributed by atoms with van der Waals surface area (Å²) in [6.07, 6.45) is 8.84. The molecule has 128 valence electrons. The Morgan fingerprint density at radius 3 is 2.76 bits per heavy atom. The molecule has 0 unspecified atom stereocenters. The molecule has 3 rings (SSSR count). The van der Waals surface area contributed by atoms with Gasteiger partial charge < -0.3 is 9.30 Å². The largest absolute Gasteiger partial charge is 0.462 e. The third-order valence-electron chi connectivity index (χ3n) is 3.68. The maximum absolute atomic E-state index is 12.5. The molecule has 3 aromatic rings. The summed E-state index contributed by atoms with van der Waals surface area (Å²) in [5.74, 6) is 0.179. The van der Waals surface area contributed by atoms with Crippen LogP contribution < -0.4 is 0 Å². The van der Waals surface area contributed by atoms with E-state index in [0.29, 0.717) is 24.5 Å². The Kier molecular flexibility index (Phi) is 5.09. The zero-order valence-corrected chi connectivity index (χ0v) is 14.3. The second-order valence-electron chi connectivity index (χ2n) is 5.59. The van der Waals surface area contributed by atoms with Crippen LogP contribution in [0.3, 0.4) is 0 Å². The number of esters is 1. The number of nitrogens with zero attached hydrogens (tertiary/aromatic N) is 4. The van der Waals surface area contributed by atoms with E-state index in [2.05, 4.69) is 10.1 Å². The molecule has 0 aliphatic rings. The molecule has 1 aromatic carbocycles. The molecule has 0 saturated carbocycles. The number of ether oxygens (including phenoxy) is 1. The van der Waals surface area contributed by atoms with Gasteiger partial charge in [0, 0.05) is 37.7 Å². The summed E-state index contributed by atoms with van der Waals surface area (Å²) in [7, 11) is 1.83. The fourth-order valence-corrected chi connectivity index (χ4v) is 2.57. The third kappa shape index (κ3) is 4.03. The van der Waals surface area contributed by atoms with Gasteiger partial charge in [-0.3, -0.25) is 4.68 Å². The molecule has 0 aliphatic carbocycles. The summed E-state index contributed by atoms with van der Waals surface area (Å²) >= 11 is 0. The van der Waals surface area contributed by atoms with Crippen LogP contribution in [-0.2, 0) is 23.1 Å². The third-order valence-corrected chi connectivity index (χ3v) is 3.68. The van der Waals surface area contributed by atoms with E-state index in [9.17, 15) is 4.79 Å². The molecular weight excluding hydrogens is 316 g/mol. The van der Waals surface area contributed by atoms with Gasteiger partial charge in [0.1, 0.15) is 11.4 Å². The lowest BCUT2D eigenvalue weighted by Crippen LogP contribution is -2.12. The quantitative estimate of drug-likeness (QED) is 0.513. The number of hydrogen-bond donors (Lipinski definition) is 0. The van der Waals surface area contributed by atoms with Gasteiger partial charge in [0.2, 0.25) is 0 Å². The van der Waals surface area contributed by atoms with Crippen molar-refractivity contribution in [3.63, 3.8) is 0 Å². The Labute approximate surface area is 146 Å². The fraction of sp³-hybridized carbons (Fsp3) is 0.211. The van der Waals surface area contributed by atoms with E-state index < -0.39 is 5.97 Å². The Morgan fingerprint density at radius 1 is 1.28 bits per heavy atom. The minimum atomic E-state index is -0.396. The first-order chi connectivity index (χ1) is 12.2. The predicted molar refractivity (Wildman–Crippen MR) is 95.5 cm³/mol. The molecule has 0 amide bonds. The number of imidazole rings is 1. The van der Waals surface area contributed by atoms with E-state index in [1.165, 1.54) is 0 Å². The van der Waals surface area contributed by atoms with Crippen LogP contribution in [0, 0.1) is 0 Å². The Bertz CT molecular complexity index is 878. The number of hydrogen-bond acceptors (Lipinski definition) is 4. The van der Waals surface area contributed by atoms with Crippen LogP contribution in [-0.4, -0.2) is 31.9 Å². The lowest BCUT2D eigenvalue weighted by molar-refractivity contribution is -0.136. The first-order valence-electron chi connectivity index (χ1n) is 8.10. The van der Waals surface area contributed by atoms with E-state index in [4.69, 9.17) is 4.74 Å². The van der Waals surface area contributed by atoms with E-state index in [-0.39, 0.29) is 0 Å². The molecule has 0 saturated heterocycles. The molecule has 0 bridgehead atoms. The highest BCUT2D eigenvalue weighted by Crippen LogP contribution is 2.20. The van der Waals surface area contributed by atoms with Gasteiger partial charge in [0.05, 0.1) is 12.8 Å². The number of aromatic nitrogens is 4. The molecular formula is C19H20N4O2. The van der Waals surface area contributed by atoms with Crippen molar-refractivity contribution in [3.05, 3.63) is 72.1 Å². The van der Waals surface area contributed by atoms with Gasteiger partial charge >= 0.3 is 5.97 Å². The number of rotatable bonds is 6. The molecule has 0 N–H and O–H groups in total. The van der Waals surface area contributed by atoms with Gasteiger partial charge in [0.15, 0.2) is 0 Å². The molecule has 2 heterocycles. The normalized spacial score (nSPS) is 11.5. The smallest absolute Gasteiger partial charge is 0.341 e. The zero-order chi connectivity index (χ0) is 17.6. The summed E-state index contributed by atoms with van der Waals surface area (Å²) in [5.41, 5.74) is 2.36. The van der Waals surface area contributed by atoms with Crippen LogP contribution in [0.15, 0.2) is 55.1 Å². The summed E-state index contributed by atoms with van der Waals surface area (Å²) in [6, 6.07) is 10.0. The molecule has 6 heteroatoms. The van der Waals surface area contributed by atoms with Crippen molar-refractivity contribution in [2.75, 3.05) is 6.61 Å². The molecule has 0 atom stereocenters. The highest BCUT2D eigenvalue weighted by atomic mass is 16.5. The van der Waals surface area contributed by atoms with Crippen molar-refractivity contribution in [1.29, 1.82) is 0 Å². The maximum Gasteiger partial charge on any atom is 0.341 e. The second-order valence-corrected chi connectivity index (χ2v) is 5.59. The minimum absolute atomic E-state index is 0.308. The summed E-state index contributed by atoms with van der Waals surface area (Å²) in [5, 5.41) is 4.14. The summed E-state index contributed by atoms with van der Waals surface area (Å²) in [6.45, 7) is 2.72. The van der Waals surface area contributed by atoms with E-state index in [0.717, 1.165) is 11.1 Å². The highest BCUT2D eigenvalue weighted by molar-refractivity contribution is 6.20. The van der Waals surface area contributed by atoms with Crippen LogP contribution in [0.5, 0.6) is 0 Å². The fourth-order valence-electron chi connectivity index (χ4n) is 2.57. The van der Waals surface area contributed by atoms with Crippen LogP contribution in [0.1, 0.15) is 23.9 Å². The molecule has 6 nitrogen and oxygen atoms in total. The number of aryl methyl sites for hydroxylation is 1. The zero-order valence-electron chi connectivity index (χ0n) is 14.3. The topological polar surface area (TPSA) is 61.9 Å². The first-order valence-corrected chi connectivity index (χ1v) is 8.10. The lowest BCUT2D eigenvalue weighted by Gasteiger charge is -2.10. The molecule has 0 fully saturated rings. The average Bonchev–Trinajstić information content (AvgIpc) is 3.23. The van der Waals surface area contributed by atoms with Crippen LogP contribution in [0.25, 0.3) is 11.6 Å². The number of benzene rings is 1. The minimum Gasteiger partial charge on any atom is -0.462 e. The van der Waals surface area contributed by atoms with E-state index in [1.54, 1.807) is 30.1 Å². The van der Waals surface area contributed by atoms with E-state index in [1.807, 2.05) is 54.3 Å². The van der Waals surface area contributed by atoms with Crippen LogP contribution >= 0.6 is 0 Å². The summed E-state index contributed by atoms with van der Waals surface area (Å²) < 4.78 is 8.85. The van der Waals surface area contributed by atoms with Crippen LogP contribution in [0.4, 0.5) is 0 Å². The average molecular weight is 336 g/mol. The Morgan fingerprint density at radius 2 is 2.08 bits per heavy atom. The number of carbonyl (C=O) groups is 1. The van der Waals surface area contributed by atoms with Gasteiger partial charge in [-0.25, -0.2) is 9.78 Å². The van der Waals surface area contributed by atoms with Gasteiger partial charge in [-0.2, -0.15) is 5.10 Å². The van der Waals surface area contributed by atoms with Gasteiger partial charge in [-0.1, -0.05) is 30.3 Å². The molecule has 0 radical (unpaired) electrons. The number of carbonyl (C=O) groups excluding carboxylic acids is 1. The first kappa shape index (κ1) is 16.7. The molecule has 0 aliphatic heterocycles. The van der Waals surface area contributed by atoms with E-state index >= 15 is 0 Å². The maximum atomic E-state index is 12.5. The van der Waals surface area contributed by atoms with Crippen molar-refractivity contribution >= 4 is 17.6 Å².